The highest BCUT2D eigenvalue weighted by atomic mass is 15.3. The smallest absolute Gasteiger partial charge is 0.0119 e. The SMILES string of the molecule is C/C=C\NNCC. The van der Waals surface area contributed by atoms with Gasteiger partial charge in [0, 0.05) is 12.7 Å². The van der Waals surface area contributed by atoms with Gasteiger partial charge in [0.25, 0.3) is 0 Å². The van der Waals surface area contributed by atoms with Crippen LogP contribution in [-0.4, -0.2) is 6.54 Å². The highest BCUT2D eigenvalue weighted by molar-refractivity contribution is 4.70. The maximum atomic E-state index is 2.91. The first-order valence-electron chi connectivity index (χ1n) is 2.51. The molecular weight excluding hydrogens is 88.1 g/mol. The van der Waals surface area contributed by atoms with Crippen LogP contribution in [-0.2, 0) is 0 Å². The third-order valence-electron chi connectivity index (χ3n) is 0.529. The predicted molar refractivity (Wildman–Crippen MR) is 31.6 cm³/mol. The maximum Gasteiger partial charge on any atom is 0.0119 e. The van der Waals surface area contributed by atoms with Crippen LogP contribution in [0.15, 0.2) is 12.3 Å². The fourth-order valence-electron chi connectivity index (χ4n) is 0.244. The minimum Gasteiger partial charge on any atom is -0.329 e. The minimum atomic E-state index is 0.949. The van der Waals surface area contributed by atoms with E-state index in [0.717, 1.165) is 6.54 Å². The Morgan fingerprint density at radius 1 is 1.57 bits per heavy atom. The second-order valence-electron chi connectivity index (χ2n) is 1.17. The average Bonchev–Trinajstić information content (AvgIpc) is 1.69. The summed E-state index contributed by atoms with van der Waals surface area (Å²) in [6, 6.07) is 0. The summed E-state index contributed by atoms with van der Waals surface area (Å²) in [5, 5.41) is 0. The third-order valence-corrected chi connectivity index (χ3v) is 0.529. The van der Waals surface area contributed by atoms with Crippen LogP contribution in [0.4, 0.5) is 0 Å². The van der Waals surface area contributed by atoms with Gasteiger partial charge in [-0.05, 0) is 6.92 Å². The molecule has 0 saturated heterocycles. The van der Waals surface area contributed by atoms with Crippen molar-refractivity contribution >= 4 is 0 Å². The first-order valence-corrected chi connectivity index (χ1v) is 2.51. The van der Waals surface area contributed by atoms with E-state index in [1.807, 2.05) is 26.1 Å². The third kappa shape index (κ3) is 5.50. The number of allylic oxidation sites excluding steroid dienone is 1. The molecule has 0 aromatic carbocycles. The van der Waals surface area contributed by atoms with Gasteiger partial charge in [-0.25, -0.2) is 5.43 Å². The van der Waals surface area contributed by atoms with Crippen LogP contribution in [0, 0.1) is 0 Å². The highest BCUT2D eigenvalue weighted by Gasteiger charge is 1.64. The summed E-state index contributed by atoms with van der Waals surface area (Å²) in [7, 11) is 0. The van der Waals surface area contributed by atoms with Crippen molar-refractivity contribution in [2.45, 2.75) is 13.8 Å². The molecule has 0 aliphatic carbocycles. The van der Waals surface area contributed by atoms with Gasteiger partial charge < -0.3 is 5.43 Å². The fourth-order valence-corrected chi connectivity index (χ4v) is 0.244. The molecule has 2 nitrogen and oxygen atoms in total. The Labute approximate surface area is 44.6 Å². The standard InChI is InChI=1S/C5H12N2/c1-3-5-7-6-4-2/h3,5-7H,4H2,1-2H3/b5-3-. The van der Waals surface area contributed by atoms with E-state index in [1.54, 1.807) is 0 Å². The second kappa shape index (κ2) is 5.50. The lowest BCUT2D eigenvalue weighted by Crippen LogP contribution is -2.25. The molecule has 0 fully saturated rings. The van der Waals surface area contributed by atoms with Gasteiger partial charge in [0.05, 0.1) is 0 Å². The van der Waals surface area contributed by atoms with Gasteiger partial charge in [-0.15, -0.1) is 0 Å². The summed E-state index contributed by atoms with van der Waals surface area (Å²) in [6.07, 6.45) is 3.78. The van der Waals surface area contributed by atoms with Crippen molar-refractivity contribution in [3.8, 4) is 0 Å². The molecule has 0 rings (SSSR count). The van der Waals surface area contributed by atoms with Crippen molar-refractivity contribution in [2.24, 2.45) is 0 Å². The molecule has 0 aromatic rings. The fraction of sp³-hybridized carbons (Fsp3) is 0.600. The van der Waals surface area contributed by atoms with Crippen LogP contribution in [0.5, 0.6) is 0 Å². The van der Waals surface area contributed by atoms with E-state index in [-0.39, 0.29) is 0 Å². The number of nitrogens with one attached hydrogen (secondary N) is 2. The Bertz CT molecular complexity index is 50.0. The van der Waals surface area contributed by atoms with Crippen molar-refractivity contribution < 1.29 is 0 Å². The molecule has 42 valence electrons. The summed E-state index contributed by atoms with van der Waals surface area (Å²) < 4.78 is 0. The normalized spacial score (nSPS) is 10.0. The monoisotopic (exact) mass is 100 g/mol. The summed E-state index contributed by atoms with van der Waals surface area (Å²) in [5.41, 5.74) is 5.77. The summed E-state index contributed by atoms with van der Waals surface area (Å²) in [5.74, 6) is 0. The van der Waals surface area contributed by atoms with Crippen molar-refractivity contribution in [3.63, 3.8) is 0 Å². The number of hydrazine groups is 1. The molecule has 2 heteroatoms. The molecule has 0 radical (unpaired) electrons. The second-order valence-corrected chi connectivity index (χ2v) is 1.17. The molecule has 0 atom stereocenters. The zero-order valence-corrected chi connectivity index (χ0v) is 4.86. The summed E-state index contributed by atoms with van der Waals surface area (Å²) >= 11 is 0. The van der Waals surface area contributed by atoms with Crippen molar-refractivity contribution in [1.29, 1.82) is 0 Å². The number of hydrogen-bond acceptors (Lipinski definition) is 2. The van der Waals surface area contributed by atoms with Crippen LogP contribution >= 0.6 is 0 Å². The van der Waals surface area contributed by atoms with Gasteiger partial charge in [-0.3, -0.25) is 0 Å². The Kier molecular flexibility index (Phi) is 5.11. The van der Waals surface area contributed by atoms with Crippen LogP contribution in [0.1, 0.15) is 13.8 Å². The number of rotatable bonds is 3. The van der Waals surface area contributed by atoms with Crippen LogP contribution in [0.3, 0.4) is 0 Å². The van der Waals surface area contributed by atoms with Gasteiger partial charge in [-0.1, -0.05) is 13.0 Å². The Morgan fingerprint density at radius 3 is 2.71 bits per heavy atom. The summed E-state index contributed by atoms with van der Waals surface area (Å²) in [6.45, 7) is 4.95. The molecule has 0 aromatic heterocycles. The highest BCUT2D eigenvalue weighted by Crippen LogP contribution is 1.56. The van der Waals surface area contributed by atoms with Crippen molar-refractivity contribution in [1.82, 2.24) is 10.9 Å². The Balaban J connectivity index is 2.69. The molecule has 0 saturated carbocycles. The lowest BCUT2D eigenvalue weighted by atomic mass is 10.7. The molecule has 0 amide bonds. The minimum absolute atomic E-state index is 0.949. The zero-order valence-electron chi connectivity index (χ0n) is 4.86. The maximum absolute atomic E-state index is 2.91. The molecule has 0 spiro atoms. The number of hydrogen-bond donors (Lipinski definition) is 2. The van der Waals surface area contributed by atoms with E-state index in [0.29, 0.717) is 0 Å². The lowest BCUT2D eigenvalue weighted by molar-refractivity contribution is 0.655. The average molecular weight is 100 g/mol. The van der Waals surface area contributed by atoms with Crippen molar-refractivity contribution in [2.75, 3.05) is 6.54 Å². The molecule has 0 bridgehead atoms. The zero-order chi connectivity index (χ0) is 5.54. The Morgan fingerprint density at radius 2 is 2.29 bits per heavy atom. The van der Waals surface area contributed by atoms with Crippen LogP contribution < -0.4 is 10.9 Å². The molecule has 0 aliphatic heterocycles. The van der Waals surface area contributed by atoms with E-state index in [2.05, 4.69) is 10.9 Å². The summed E-state index contributed by atoms with van der Waals surface area (Å²) in [4.78, 5) is 0. The molecule has 2 N–H and O–H groups in total. The van der Waals surface area contributed by atoms with Gasteiger partial charge in [0.1, 0.15) is 0 Å². The molecule has 7 heavy (non-hydrogen) atoms. The molecule has 0 heterocycles. The van der Waals surface area contributed by atoms with Crippen LogP contribution in [0.25, 0.3) is 0 Å². The largest absolute Gasteiger partial charge is 0.329 e. The van der Waals surface area contributed by atoms with E-state index < -0.39 is 0 Å². The topological polar surface area (TPSA) is 24.1 Å². The van der Waals surface area contributed by atoms with Gasteiger partial charge in [-0.2, -0.15) is 0 Å². The van der Waals surface area contributed by atoms with Gasteiger partial charge in [0.2, 0.25) is 0 Å². The van der Waals surface area contributed by atoms with Gasteiger partial charge >= 0.3 is 0 Å². The van der Waals surface area contributed by atoms with Crippen LogP contribution in [0.2, 0.25) is 0 Å². The Hall–Kier alpha value is -0.500. The van der Waals surface area contributed by atoms with E-state index in [4.69, 9.17) is 0 Å². The van der Waals surface area contributed by atoms with E-state index in [1.165, 1.54) is 0 Å². The quantitative estimate of drug-likeness (QED) is 0.401. The van der Waals surface area contributed by atoms with Crippen molar-refractivity contribution in [3.05, 3.63) is 12.3 Å². The van der Waals surface area contributed by atoms with Gasteiger partial charge in [0.15, 0.2) is 0 Å². The molecular formula is C5H12N2. The lowest BCUT2D eigenvalue weighted by Gasteiger charge is -1.95. The first kappa shape index (κ1) is 6.50. The first-order chi connectivity index (χ1) is 3.41. The van der Waals surface area contributed by atoms with E-state index >= 15 is 0 Å². The predicted octanol–water partition coefficient (Wildman–Crippen LogP) is 0.634. The van der Waals surface area contributed by atoms with E-state index in [9.17, 15) is 0 Å². The molecule has 0 aliphatic rings. The molecule has 0 unspecified atom stereocenters.